The predicted octanol–water partition coefficient (Wildman–Crippen LogP) is -0.794. The normalized spacial score (nSPS) is 13.5. The minimum Gasteiger partial charge on any atom is -0.469 e. The summed E-state index contributed by atoms with van der Waals surface area (Å²) in [5.74, 6) is -0.808. The quantitative estimate of drug-likeness (QED) is 0.566. The number of nitrogens with one attached hydrogen (secondary N) is 1. The van der Waals surface area contributed by atoms with Crippen molar-refractivity contribution in [2.75, 3.05) is 19.4 Å². The first-order valence-electron chi connectivity index (χ1n) is 4.72. The SMILES string of the molecule is CCC(CN)NS(=O)(=O)CCC(=O)OC. The molecule has 3 N–H and O–H groups in total. The predicted molar refractivity (Wildman–Crippen MR) is 56.7 cm³/mol. The van der Waals surface area contributed by atoms with E-state index in [4.69, 9.17) is 5.73 Å². The molecule has 0 spiro atoms. The fraction of sp³-hybridized carbons (Fsp3) is 0.875. The molecule has 0 aromatic heterocycles. The number of carbonyl (C=O) groups excluding carboxylic acids is 1. The molecule has 0 heterocycles. The number of ether oxygens (including phenoxy) is 1. The summed E-state index contributed by atoms with van der Waals surface area (Å²) in [4.78, 5) is 10.7. The molecule has 7 heteroatoms. The zero-order valence-electron chi connectivity index (χ0n) is 9.02. The summed E-state index contributed by atoms with van der Waals surface area (Å²) >= 11 is 0. The van der Waals surface area contributed by atoms with E-state index in [0.717, 1.165) is 0 Å². The first-order chi connectivity index (χ1) is 6.95. The third-order valence-corrected chi connectivity index (χ3v) is 3.36. The molecule has 0 bridgehead atoms. The van der Waals surface area contributed by atoms with Crippen molar-refractivity contribution in [2.24, 2.45) is 5.73 Å². The van der Waals surface area contributed by atoms with Gasteiger partial charge in [0.2, 0.25) is 10.0 Å². The molecule has 90 valence electrons. The monoisotopic (exact) mass is 238 g/mol. The van der Waals surface area contributed by atoms with Gasteiger partial charge in [-0.2, -0.15) is 0 Å². The number of methoxy groups -OCH3 is 1. The highest BCUT2D eigenvalue weighted by atomic mass is 32.2. The summed E-state index contributed by atoms with van der Waals surface area (Å²) in [6.07, 6.45) is 0.473. The molecule has 0 saturated heterocycles. The van der Waals surface area contributed by atoms with Crippen molar-refractivity contribution >= 4 is 16.0 Å². The van der Waals surface area contributed by atoms with E-state index in [1.165, 1.54) is 7.11 Å². The molecule has 0 aliphatic heterocycles. The molecular weight excluding hydrogens is 220 g/mol. The van der Waals surface area contributed by atoms with Crippen molar-refractivity contribution in [1.82, 2.24) is 4.72 Å². The van der Waals surface area contributed by atoms with Gasteiger partial charge in [0.15, 0.2) is 0 Å². The highest BCUT2D eigenvalue weighted by Crippen LogP contribution is 1.96. The molecule has 0 radical (unpaired) electrons. The highest BCUT2D eigenvalue weighted by molar-refractivity contribution is 7.89. The fourth-order valence-electron chi connectivity index (χ4n) is 0.931. The Balaban J connectivity index is 4.13. The van der Waals surface area contributed by atoms with Crippen LogP contribution < -0.4 is 10.5 Å². The second kappa shape index (κ2) is 6.76. The number of nitrogens with two attached hydrogens (primary N) is 1. The van der Waals surface area contributed by atoms with Crippen LogP contribution in [0.1, 0.15) is 19.8 Å². The van der Waals surface area contributed by atoms with Crippen molar-refractivity contribution in [3.8, 4) is 0 Å². The molecular formula is C8H18N2O4S. The van der Waals surface area contributed by atoms with Crippen molar-refractivity contribution in [2.45, 2.75) is 25.8 Å². The molecule has 6 nitrogen and oxygen atoms in total. The molecule has 1 atom stereocenters. The molecule has 0 fully saturated rings. The molecule has 0 aliphatic carbocycles. The van der Waals surface area contributed by atoms with E-state index in [9.17, 15) is 13.2 Å². The lowest BCUT2D eigenvalue weighted by molar-refractivity contribution is -0.140. The topological polar surface area (TPSA) is 98.5 Å². The van der Waals surface area contributed by atoms with E-state index in [-0.39, 0.29) is 24.8 Å². The van der Waals surface area contributed by atoms with Crippen LogP contribution in [0.3, 0.4) is 0 Å². The molecule has 1 unspecified atom stereocenters. The van der Waals surface area contributed by atoms with Gasteiger partial charge in [-0.15, -0.1) is 0 Å². The molecule has 0 aliphatic rings. The lowest BCUT2D eigenvalue weighted by atomic mass is 10.2. The number of hydrogen-bond donors (Lipinski definition) is 2. The van der Waals surface area contributed by atoms with Crippen molar-refractivity contribution < 1.29 is 17.9 Å². The van der Waals surface area contributed by atoms with E-state index in [0.29, 0.717) is 6.42 Å². The lowest BCUT2D eigenvalue weighted by Gasteiger charge is -2.14. The van der Waals surface area contributed by atoms with Crippen LogP contribution in [0.15, 0.2) is 0 Å². The summed E-state index contributed by atoms with van der Waals surface area (Å²) < 4.78 is 29.6. The van der Waals surface area contributed by atoms with Gasteiger partial charge >= 0.3 is 5.97 Å². The molecule has 0 aromatic rings. The summed E-state index contributed by atoms with van der Waals surface area (Å²) in [7, 11) is -2.22. The Hall–Kier alpha value is -0.660. The lowest BCUT2D eigenvalue weighted by Crippen LogP contribution is -2.41. The third kappa shape index (κ3) is 6.43. The van der Waals surface area contributed by atoms with Crippen LogP contribution in [-0.2, 0) is 19.6 Å². The number of esters is 1. The Morgan fingerprint density at radius 3 is 2.53 bits per heavy atom. The van der Waals surface area contributed by atoms with Gasteiger partial charge in [-0.25, -0.2) is 13.1 Å². The van der Waals surface area contributed by atoms with Crippen molar-refractivity contribution in [1.29, 1.82) is 0 Å². The Labute approximate surface area is 90.2 Å². The fourth-order valence-corrected chi connectivity index (χ4v) is 2.25. The first-order valence-corrected chi connectivity index (χ1v) is 6.37. The average Bonchev–Trinajstić information content (AvgIpc) is 2.22. The second-order valence-corrected chi connectivity index (χ2v) is 4.98. The standard InChI is InChI=1S/C8H18N2O4S/c1-3-7(6-9)10-15(12,13)5-4-8(11)14-2/h7,10H,3-6,9H2,1-2H3. The van der Waals surface area contributed by atoms with Crippen LogP contribution >= 0.6 is 0 Å². The number of sulfonamides is 1. The summed E-state index contributed by atoms with van der Waals surface area (Å²) in [5.41, 5.74) is 5.35. The van der Waals surface area contributed by atoms with E-state index in [2.05, 4.69) is 9.46 Å². The first kappa shape index (κ1) is 14.3. The zero-order chi connectivity index (χ0) is 11.9. The van der Waals surface area contributed by atoms with Gasteiger partial charge in [0.05, 0.1) is 19.3 Å². The largest absolute Gasteiger partial charge is 0.469 e. The van der Waals surface area contributed by atoms with Gasteiger partial charge in [-0.3, -0.25) is 4.79 Å². The average molecular weight is 238 g/mol. The Morgan fingerprint density at radius 1 is 1.53 bits per heavy atom. The van der Waals surface area contributed by atoms with Crippen LogP contribution in [0.25, 0.3) is 0 Å². The van der Waals surface area contributed by atoms with E-state index in [1.54, 1.807) is 0 Å². The Morgan fingerprint density at radius 2 is 2.13 bits per heavy atom. The molecule has 0 amide bonds. The maximum absolute atomic E-state index is 11.4. The van der Waals surface area contributed by atoms with Crippen LogP contribution in [0.2, 0.25) is 0 Å². The second-order valence-electron chi connectivity index (χ2n) is 3.10. The zero-order valence-corrected chi connectivity index (χ0v) is 9.84. The van der Waals surface area contributed by atoms with Gasteiger partial charge in [0, 0.05) is 12.6 Å². The maximum atomic E-state index is 11.4. The van der Waals surface area contributed by atoms with Gasteiger partial charge < -0.3 is 10.5 Å². The Kier molecular flexibility index (Phi) is 6.46. The molecule has 0 aromatic carbocycles. The number of carbonyl (C=O) groups is 1. The van der Waals surface area contributed by atoms with Crippen molar-refractivity contribution in [3.63, 3.8) is 0 Å². The molecule has 0 saturated carbocycles. The van der Waals surface area contributed by atoms with E-state index < -0.39 is 16.0 Å². The number of hydrogen-bond acceptors (Lipinski definition) is 5. The van der Waals surface area contributed by atoms with Crippen LogP contribution in [0, 0.1) is 0 Å². The minimum absolute atomic E-state index is 0.146. The smallest absolute Gasteiger partial charge is 0.306 e. The summed E-state index contributed by atoms with van der Waals surface area (Å²) in [6, 6.07) is -0.271. The number of rotatable bonds is 7. The van der Waals surface area contributed by atoms with E-state index in [1.807, 2.05) is 6.92 Å². The minimum atomic E-state index is -3.44. The summed E-state index contributed by atoms with van der Waals surface area (Å²) in [6.45, 7) is 2.08. The third-order valence-electron chi connectivity index (χ3n) is 1.93. The van der Waals surface area contributed by atoms with Gasteiger partial charge in [0.1, 0.15) is 0 Å². The van der Waals surface area contributed by atoms with Gasteiger partial charge in [0.25, 0.3) is 0 Å². The van der Waals surface area contributed by atoms with E-state index >= 15 is 0 Å². The Bertz CT molecular complexity index is 285. The van der Waals surface area contributed by atoms with Crippen LogP contribution in [0.5, 0.6) is 0 Å². The van der Waals surface area contributed by atoms with Gasteiger partial charge in [-0.05, 0) is 6.42 Å². The molecule has 0 rings (SSSR count). The summed E-state index contributed by atoms with van der Waals surface area (Å²) in [5, 5.41) is 0. The maximum Gasteiger partial charge on any atom is 0.306 e. The molecule has 15 heavy (non-hydrogen) atoms. The van der Waals surface area contributed by atoms with Crippen LogP contribution in [0.4, 0.5) is 0 Å². The highest BCUT2D eigenvalue weighted by Gasteiger charge is 2.17. The van der Waals surface area contributed by atoms with Gasteiger partial charge in [-0.1, -0.05) is 6.92 Å². The van der Waals surface area contributed by atoms with Crippen LogP contribution in [-0.4, -0.2) is 39.8 Å². The van der Waals surface area contributed by atoms with Crippen molar-refractivity contribution in [3.05, 3.63) is 0 Å².